The van der Waals surface area contributed by atoms with Crippen LogP contribution in [0.3, 0.4) is 0 Å². The van der Waals surface area contributed by atoms with Crippen LogP contribution in [0.5, 0.6) is 11.5 Å². The SMILES string of the molecule is CCCCC(=O)OC1C(COP(=O)(N=C(C)C(C)OCC2C=CC=CC2C)Oc2ccccc2OC)OC(n2ccc(=N)nc2C)C1OC(=O)CCCC. The monoisotopic (exact) mass is 770 g/mol. The van der Waals surface area contributed by atoms with E-state index < -0.39 is 56.9 Å². The summed E-state index contributed by atoms with van der Waals surface area (Å²) < 4.78 is 63.0. The molecule has 2 heterocycles. The summed E-state index contributed by atoms with van der Waals surface area (Å²) in [7, 11) is -2.97. The van der Waals surface area contributed by atoms with Crippen LogP contribution in [-0.2, 0) is 37.6 Å². The number of aromatic nitrogens is 2. The van der Waals surface area contributed by atoms with E-state index in [1.165, 1.54) is 13.2 Å². The lowest BCUT2D eigenvalue weighted by molar-refractivity contribution is -0.168. The molecule has 1 N–H and O–H groups in total. The zero-order valence-corrected chi connectivity index (χ0v) is 33.2. The summed E-state index contributed by atoms with van der Waals surface area (Å²) in [6.07, 6.45) is 7.82. The first-order valence-electron chi connectivity index (χ1n) is 18.6. The second-order valence-electron chi connectivity index (χ2n) is 13.5. The smallest absolute Gasteiger partial charge is 0.493 e. The average Bonchev–Trinajstić information content (AvgIpc) is 3.47. The molecule has 0 radical (unpaired) electrons. The zero-order chi connectivity index (χ0) is 39.3. The highest BCUT2D eigenvalue weighted by molar-refractivity contribution is 7.53. The first-order chi connectivity index (χ1) is 25.9. The number of aryl methyl sites for hydroxylation is 1. The van der Waals surface area contributed by atoms with Crippen molar-refractivity contribution in [2.24, 2.45) is 16.6 Å². The van der Waals surface area contributed by atoms with Gasteiger partial charge < -0.3 is 32.8 Å². The Balaban J connectivity index is 1.68. The first-order valence-corrected chi connectivity index (χ1v) is 20.1. The number of allylic oxidation sites excluding steroid dienone is 3. The summed E-state index contributed by atoms with van der Waals surface area (Å²) in [6, 6.07) is 8.14. The molecule has 8 atom stereocenters. The van der Waals surface area contributed by atoms with Crippen molar-refractivity contribution in [2.75, 3.05) is 20.3 Å². The molecule has 15 heteroatoms. The normalized spacial score (nSPS) is 24.1. The molecule has 1 fully saturated rings. The van der Waals surface area contributed by atoms with Gasteiger partial charge in [0.1, 0.15) is 17.4 Å². The number of rotatable bonds is 20. The van der Waals surface area contributed by atoms with Crippen molar-refractivity contribution in [3.05, 3.63) is 72.1 Å². The van der Waals surface area contributed by atoms with Gasteiger partial charge in [-0.15, -0.1) is 0 Å². The molecule has 2 aliphatic rings. The highest BCUT2D eigenvalue weighted by atomic mass is 31.2. The number of benzene rings is 1. The molecular formula is C39H55N4O10P. The molecule has 1 aliphatic carbocycles. The molecule has 0 saturated carbocycles. The number of para-hydroxylation sites is 2. The van der Waals surface area contributed by atoms with Gasteiger partial charge in [0.15, 0.2) is 29.9 Å². The topological polar surface area (TPSA) is 170 Å². The van der Waals surface area contributed by atoms with E-state index in [0.717, 1.165) is 12.8 Å². The Labute approximate surface area is 318 Å². The minimum absolute atomic E-state index is 0.0306. The lowest BCUT2D eigenvalue weighted by Crippen LogP contribution is -2.41. The predicted molar refractivity (Wildman–Crippen MR) is 202 cm³/mol. The Morgan fingerprint density at radius 1 is 1.00 bits per heavy atom. The van der Waals surface area contributed by atoms with Gasteiger partial charge in [0.05, 0.1) is 32.1 Å². The van der Waals surface area contributed by atoms with Crippen molar-refractivity contribution in [1.82, 2.24) is 9.55 Å². The Morgan fingerprint density at radius 3 is 2.28 bits per heavy atom. The molecule has 1 aliphatic heterocycles. The lowest BCUT2D eigenvalue weighted by Gasteiger charge is -2.26. The summed E-state index contributed by atoms with van der Waals surface area (Å²) in [5.41, 5.74) is 0.391. The van der Waals surface area contributed by atoms with E-state index in [1.54, 1.807) is 48.9 Å². The Bertz CT molecular complexity index is 1760. The Morgan fingerprint density at radius 2 is 1.65 bits per heavy atom. The number of methoxy groups -OCH3 is 1. The number of hydrogen-bond donors (Lipinski definition) is 1. The maximum Gasteiger partial charge on any atom is 0.507 e. The van der Waals surface area contributed by atoms with Gasteiger partial charge in [0.2, 0.25) is 0 Å². The van der Waals surface area contributed by atoms with E-state index in [9.17, 15) is 14.2 Å². The number of unbranched alkanes of at least 4 members (excludes halogenated alkanes) is 2. The van der Waals surface area contributed by atoms with E-state index in [2.05, 4.69) is 28.8 Å². The molecule has 0 bridgehead atoms. The van der Waals surface area contributed by atoms with E-state index in [-0.39, 0.29) is 30.0 Å². The molecule has 8 unspecified atom stereocenters. The van der Waals surface area contributed by atoms with Crippen LogP contribution in [0.15, 0.2) is 65.6 Å². The summed E-state index contributed by atoms with van der Waals surface area (Å²) in [5.74, 6) is 0.278. The van der Waals surface area contributed by atoms with Crippen LogP contribution in [0.25, 0.3) is 0 Å². The van der Waals surface area contributed by atoms with Gasteiger partial charge in [0.25, 0.3) is 0 Å². The summed E-state index contributed by atoms with van der Waals surface area (Å²) in [6.45, 7) is 11.2. The number of hydrogen-bond acceptors (Lipinski definition) is 12. The largest absolute Gasteiger partial charge is 0.507 e. The molecule has 2 aromatic rings. The molecular weight excluding hydrogens is 715 g/mol. The fourth-order valence-electron chi connectivity index (χ4n) is 5.88. The Kier molecular flexibility index (Phi) is 16.2. The number of carbonyl (C=O) groups is 2. The molecule has 1 aromatic heterocycles. The van der Waals surface area contributed by atoms with Crippen LogP contribution in [0.2, 0.25) is 0 Å². The standard InChI is InChI=1S/C39H55N4O10P/c1-8-10-20-35(44)51-37-33(50-39(38(37)52-36(45)21-11-9-2)43-23-22-34(40)41-29(43)6)25-49-54(46,53-32-19-15-14-18-31(32)47-7)42-27(4)28(5)48-24-30-17-13-12-16-26(30)3/h12-19,22-23,26,28,30,33,37-40H,8-11,20-21,24-25H2,1-7H3. The van der Waals surface area contributed by atoms with Crippen molar-refractivity contribution in [3.63, 3.8) is 0 Å². The summed E-state index contributed by atoms with van der Waals surface area (Å²) in [4.78, 5) is 30.5. The summed E-state index contributed by atoms with van der Waals surface area (Å²) in [5, 5.41) is 7.99. The number of carbonyl (C=O) groups excluding carboxylic acids is 2. The third-order valence-electron chi connectivity index (χ3n) is 9.26. The average molecular weight is 771 g/mol. The van der Waals surface area contributed by atoms with Gasteiger partial charge >= 0.3 is 19.7 Å². The number of nitrogens with zero attached hydrogens (tertiary/aromatic N) is 3. The van der Waals surface area contributed by atoms with E-state index in [0.29, 0.717) is 42.7 Å². The maximum absolute atomic E-state index is 14.7. The van der Waals surface area contributed by atoms with E-state index >= 15 is 0 Å². The van der Waals surface area contributed by atoms with Gasteiger partial charge in [-0.05, 0) is 57.7 Å². The number of esters is 2. The van der Waals surface area contributed by atoms with Crippen LogP contribution < -0.4 is 14.7 Å². The molecule has 14 nitrogen and oxygen atoms in total. The van der Waals surface area contributed by atoms with E-state index in [1.807, 2.05) is 32.9 Å². The van der Waals surface area contributed by atoms with E-state index in [4.69, 9.17) is 38.1 Å². The fraction of sp³-hybridized carbons (Fsp3) is 0.564. The highest BCUT2D eigenvalue weighted by Crippen LogP contribution is 2.53. The third-order valence-corrected chi connectivity index (χ3v) is 10.7. The minimum atomic E-state index is -4.43. The lowest BCUT2D eigenvalue weighted by atomic mass is 9.91. The number of ether oxygens (including phenoxy) is 5. The molecule has 0 amide bonds. The highest BCUT2D eigenvalue weighted by Gasteiger charge is 2.51. The molecule has 54 heavy (non-hydrogen) atoms. The maximum atomic E-state index is 14.7. The van der Waals surface area contributed by atoms with Gasteiger partial charge in [-0.2, -0.15) is 4.76 Å². The molecule has 1 saturated heterocycles. The zero-order valence-electron chi connectivity index (χ0n) is 32.3. The van der Waals surface area contributed by atoms with Crippen LogP contribution in [0, 0.1) is 24.2 Å². The molecule has 4 rings (SSSR count). The summed E-state index contributed by atoms with van der Waals surface area (Å²) >= 11 is 0. The minimum Gasteiger partial charge on any atom is -0.493 e. The van der Waals surface area contributed by atoms with Gasteiger partial charge in [-0.3, -0.25) is 19.5 Å². The van der Waals surface area contributed by atoms with Crippen LogP contribution >= 0.6 is 7.75 Å². The van der Waals surface area contributed by atoms with Crippen molar-refractivity contribution < 1.29 is 46.9 Å². The van der Waals surface area contributed by atoms with Crippen molar-refractivity contribution >= 4 is 25.4 Å². The molecule has 1 aromatic carbocycles. The molecule has 0 spiro atoms. The fourth-order valence-corrected chi connectivity index (χ4v) is 7.31. The van der Waals surface area contributed by atoms with Crippen LogP contribution in [0.4, 0.5) is 0 Å². The quantitative estimate of drug-likeness (QED) is 0.0819. The second-order valence-corrected chi connectivity index (χ2v) is 15.0. The predicted octanol–water partition coefficient (Wildman–Crippen LogP) is 7.23. The Hall–Kier alpha value is -4.10. The third kappa shape index (κ3) is 11.9. The second kappa shape index (κ2) is 20.5. The van der Waals surface area contributed by atoms with Crippen molar-refractivity contribution in [3.8, 4) is 11.5 Å². The molecule has 296 valence electrons. The number of nitrogens with one attached hydrogen (secondary N) is 1. The van der Waals surface area contributed by atoms with Gasteiger partial charge in [-0.1, -0.05) is 70.0 Å². The van der Waals surface area contributed by atoms with Crippen molar-refractivity contribution in [1.29, 1.82) is 5.41 Å². The first kappa shape index (κ1) is 42.6. The van der Waals surface area contributed by atoms with Crippen LogP contribution in [-0.4, -0.2) is 71.9 Å². The van der Waals surface area contributed by atoms with Gasteiger partial charge in [-0.25, -0.2) is 9.55 Å². The van der Waals surface area contributed by atoms with Crippen LogP contribution in [0.1, 0.15) is 85.2 Å². The van der Waals surface area contributed by atoms with Gasteiger partial charge in [0, 0.05) is 25.0 Å². The van der Waals surface area contributed by atoms with Crippen molar-refractivity contribution in [2.45, 2.75) is 111 Å².